The van der Waals surface area contributed by atoms with E-state index >= 15 is 0 Å². The zero-order chi connectivity index (χ0) is 12.4. The first-order chi connectivity index (χ1) is 8.08. The van der Waals surface area contributed by atoms with Crippen LogP contribution in [0.4, 0.5) is 0 Å². The molecule has 0 bridgehead atoms. The molecule has 0 aliphatic carbocycles. The molecule has 1 aromatic rings. The highest BCUT2D eigenvalue weighted by atomic mass is 16.1. The standard InChI is InChI=1S/C14H20N2O/c1-9-3-4-11(7-10(9)2)12-5-6-16-13(8-12)14(15)17/h3-4,7,12-13,16H,5-6,8H2,1-2H3,(H2,15,17). The number of primary amides is 1. The number of carbonyl (C=O) groups excluding carboxylic acids is 1. The Hall–Kier alpha value is -1.35. The second-order valence-electron chi connectivity index (χ2n) is 4.97. The molecule has 92 valence electrons. The smallest absolute Gasteiger partial charge is 0.234 e. The number of hydrogen-bond acceptors (Lipinski definition) is 2. The lowest BCUT2D eigenvalue weighted by Crippen LogP contribution is -2.46. The van der Waals surface area contributed by atoms with Crippen LogP contribution in [0.3, 0.4) is 0 Å². The number of piperidine rings is 1. The summed E-state index contributed by atoms with van der Waals surface area (Å²) in [6.07, 6.45) is 1.89. The SMILES string of the molecule is Cc1ccc(C2CCNC(C(N)=O)C2)cc1C. The van der Waals surface area contributed by atoms with Gasteiger partial charge in [0.2, 0.25) is 5.91 Å². The second kappa shape index (κ2) is 4.88. The Morgan fingerprint density at radius 3 is 2.76 bits per heavy atom. The number of nitrogens with one attached hydrogen (secondary N) is 1. The van der Waals surface area contributed by atoms with E-state index in [1.807, 2.05) is 0 Å². The molecule has 2 rings (SSSR count). The monoisotopic (exact) mass is 232 g/mol. The normalized spacial score (nSPS) is 24.6. The van der Waals surface area contributed by atoms with Crippen molar-refractivity contribution in [2.75, 3.05) is 6.54 Å². The maximum absolute atomic E-state index is 11.2. The van der Waals surface area contributed by atoms with Crippen LogP contribution in [0.5, 0.6) is 0 Å². The van der Waals surface area contributed by atoms with E-state index in [4.69, 9.17) is 5.73 Å². The molecule has 0 saturated carbocycles. The predicted molar refractivity (Wildman–Crippen MR) is 68.9 cm³/mol. The molecule has 3 N–H and O–H groups in total. The molecule has 3 nitrogen and oxygen atoms in total. The van der Waals surface area contributed by atoms with E-state index in [2.05, 4.69) is 37.4 Å². The van der Waals surface area contributed by atoms with Crippen molar-refractivity contribution in [3.63, 3.8) is 0 Å². The molecule has 2 unspecified atom stereocenters. The van der Waals surface area contributed by atoms with Crippen LogP contribution in [-0.2, 0) is 4.79 Å². The molecule has 1 heterocycles. The molecule has 1 saturated heterocycles. The van der Waals surface area contributed by atoms with Gasteiger partial charge in [-0.05, 0) is 55.8 Å². The third-order valence-electron chi connectivity index (χ3n) is 3.75. The van der Waals surface area contributed by atoms with Crippen molar-refractivity contribution in [3.8, 4) is 0 Å². The van der Waals surface area contributed by atoms with Gasteiger partial charge in [0.15, 0.2) is 0 Å². The Morgan fingerprint density at radius 2 is 2.12 bits per heavy atom. The van der Waals surface area contributed by atoms with Crippen molar-refractivity contribution in [1.82, 2.24) is 5.32 Å². The van der Waals surface area contributed by atoms with Gasteiger partial charge >= 0.3 is 0 Å². The molecule has 0 aromatic heterocycles. The van der Waals surface area contributed by atoms with Gasteiger partial charge in [-0.15, -0.1) is 0 Å². The zero-order valence-corrected chi connectivity index (χ0v) is 10.5. The summed E-state index contributed by atoms with van der Waals surface area (Å²) in [4.78, 5) is 11.2. The van der Waals surface area contributed by atoms with Gasteiger partial charge in [0.1, 0.15) is 0 Å². The third-order valence-corrected chi connectivity index (χ3v) is 3.75. The average Bonchev–Trinajstić information content (AvgIpc) is 2.33. The maximum Gasteiger partial charge on any atom is 0.234 e. The van der Waals surface area contributed by atoms with E-state index in [9.17, 15) is 4.79 Å². The van der Waals surface area contributed by atoms with Crippen LogP contribution < -0.4 is 11.1 Å². The van der Waals surface area contributed by atoms with Gasteiger partial charge in [0.05, 0.1) is 6.04 Å². The molecular weight excluding hydrogens is 212 g/mol. The van der Waals surface area contributed by atoms with Gasteiger partial charge in [-0.1, -0.05) is 18.2 Å². The average molecular weight is 232 g/mol. The number of carbonyl (C=O) groups is 1. The fourth-order valence-corrected chi connectivity index (χ4v) is 2.46. The molecule has 1 aromatic carbocycles. The summed E-state index contributed by atoms with van der Waals surface area (Å²) in [6, 6.07) is 6.40. The Kier molecular flexibility index (Phi) is 3.48. The van der Waals surface area contributed by atoms with Crippen LogP contribution in [0.15, 0.2) is 18.2 Å². The summed E-state index contributed by atoms with van der Waals surface area (Å²) < 4.78 is 0. The minimum atomic E-state index is -0.237. The van der Waals surface area contributed by atoms with E-state index in [-0.39, 0.29) is 11.9 Å². The van der Waals surface area contributed by atoms with Crippen molar-refractivity contribution in [2.24, 2.45) is 5.73 Å². The summed E-state index contributed by atoms with van der Waals surface area (Å²) >= 11 is 0. The highest BCUT2D eigenvalue weighted by molar-refractivity contribution is 5.80. The fraction of sp³-hybridized carbons (Fsp3) is 0.500. The van der Waals surface area contributed by atoms with Crippen LogP contribution in [-0.4, -0.2) is 18.5 Å². The van der Waals surface area contributed by atoms with Gasteiger partial charge < -0.3 is 11.1 Å². The number of benzene rings is 1. The highest BCUT2D eigenvalue weighted by Crippen LogP contribution is 2.28. The van der Waals surface area contributed by atoms with E-state index < -0.39 is 0 Å². The number of rotatable bonds is 2. The molecule has 17 heavy (non-hydrogen) atoms. The maximum atomic E-state index is 11.2. The highest BCUT2D eigenvalue weighted by Gasteiger charge is 2.26. The summed E-state index contributed by atoms with van der Waals surface area (Å²) in [7, 11) is 0. The first kappa shape index (κ1) is 12.1. The van der Waals surface area contributed by atoms with Crippen LogP contribution in [0.25, 0.3) is 0 Å². The van der Waals surface area contributed by atoms with E-state index in [0.29, 0.717) is 5.92 Å². The quantitative estimate of drug-likeness (QED) is 0.814. The summed E-state index contributed by atoms with van der Waals surface area (Å²) in [6.45, 7) is 5.12. The Labute approximate surface area is 102 Å². The Bertz CT molecular complexity index is 428. The lowest BCUT2D eigenvalue weighted by molar-refractivity contribution is -0.120. The van der Waals surface area contributed by atoms with Gasteiger partial charge in [-0.3, -0.25) is 4.79 Å². The van der Waals surface area contributed by atoms with E-state index in [1.54, 1.807) is 0 Å². The number of hydrogen-bond donors (Lipinski definition) is 2. The number of nitrogens with two attached hydrogens (primary N) is 1. The minimum Gasteiger partial charge on any atom is -0.368 e. The molecule has 0 spiro atoms. The van der Waals surface area contributed by atoms with Crippen LogP contribution in [0.2, 0.25) is 0 Å². The lowest BCUT2D eigenvalue weighted by Gasteiger charge is -2.29. The summed E-state index contributed by atoms with van der Waals surface area (Å²) in [5.41, 5.74) is 9.32. The van der Waals surface area contributed by atoms with Gasteiger partial charge in [-0.25, -0.2) is 0 Å². The molecule has 1 aliphatic heterocycles. The zero-order valence-electron chi connectivity index (χ0n) is 10.5. The van der Waals surface area contributed by atoms with Crippen molar-refractivity contribution >= 4 is 5.91 Å². The molecule has 1 amide bonds. The first-order valence-corrected chi connectivity index (χ1v) is 6.18. The second-order valence-corrected chi connectivity index (χ2v) is 4.97. The van der Waals surface area contributed by atoms with Gasteiger partial charge in [-0.2, -0.15) is 0 Å². The molecule has 3 heteroatoms. The van der Waals surface area contributed by atoms with Gasteiger partial charge in [0.25, 0.3) is 0 Å². The van der Waals surface area contributed by atoms with Crippen molar-refractivity contribution < 1.29 is 4.79 Å². The number of aryl methyl sites for hydroxylation is 2. The summed E-state index contributed by atoms with van der Waals surface area (Å²) in [5, 5.41) is 3.17. The van der Waals surface area contributed by atoms with Gasteiger partial charge in [0, 0.05) is 0 Å². The summed E-state index contributed by atoms with van der Waals surface area (Å²) in [5.74, 6) is 0.214. The molecule has 0 radical (unpaired) electrons. The molecule has 2 atom stereocenters. The predicted octanol–water partition coefficient (Wildman–Crippen LogP) is 1.62. The van der Waals surface area contributed by atoms with Crippen molar-refractivity contribution in [3.05, 3.63) is 34.9 Å². The van der Waals surface area contributed by atoms with Crippen LogP contribution in [0, 0.1) is 13.8 Å². The van der Waals surface area contributed by atoms with Crippen LogP contribution >= 0.6 is 0 Å². The molecular formula is C14H20N2O. The Balaban J connectivity index is 2.16. The first-order valence-electron chi connectivity index (χ1n) is 6.18. The number of amides is 1. The van der Waals surface area contributed by atoms with Crippen LogP contribution in [0.1, 0.15) is 35.4 Å². The minimum absolute atomic E-state index is 0.171. The topological polar surface area (TPSA) is 55.1 Å². The molecule has 1 fully saturated rings. The largest absolute Gasteiger partial charge is 0.368 e. The lowest BCUT2D eigenvalue weighted by atomic mass is 9.85. The van der Waals surface area contributed by atoms with Crippen molar-refractivity contribution in [1.29, 1.82) is 0 Å². The van der Waals surface area contributed by atoms with E-state index in [1.165, 1.54) is 16.7 Å². The van der Waals surface area contributed by atoms with E-state index in [0.717, 1.165) is 19.4 Å². The Morgan fingerprint density at radius 1 is 1.35 bits per heavy atom. The molecule has 1 aliphatic rings. The third kappa shape index (κ3) is 2.67. The fourth-order valence-electron chi connectivity index (χ4n) is 2.46. The van der Waals surface area contributed by atoms with Crippen molar-refractivity contribution in [2.45, 2.75) is 38.6 Å².